The first-order valence-corrected chi connectivity index (χ1v) is 6.35. The molecule has 0 amide bonds. The number of pyridine rings is 1. The van der Waals surface area contributed by atoms with Crippen molar-refractivity contribution in [2.24, 2.45) is 5.14 Å². The lowest BCUT2D eigenvalue weighted by molar-refractivity contribution is 0.0690. The van der Waals surface area contributed by atoms with Gasteiger partial charge in [0, 0.05) is 6.20 Å². The average molecular weight is 258 g/mol. The number of carbonyl (C=O) groups is 1. The molecule has 1 aliphatic carbocycles. The largest absolute Gasteiger partial charge is 0.488 e. The van der Waals surface area contributed by atoms with Gasteiger partial charge in [-0.15, -0.1) is 0 Å². The third-order valence-electron chi connectivity index (χ3n) is 2.21. The summed E-state index contributed by atoms with van der Waals surface area (Å²) in [5, 5.41) is 13.9. The van der Waals surface area contributed by atoms with Crippen LogP contribution in [0.4, 0.5) is 0 Å². The molecule has 0 aromatic carbocycles. The summed E-state index contributed by atoms with van der Waals surface area (Å²) >= 11 is 0. The molecular formula is C9H10N2O5S. The maximum Gasteiger partial charge on any atom is 0.341 e. The van der Waals surface area contributed by atoms with Crippen molar-refractivity contribution in [3.63, 3.8) is 0 Å². The minimum Gasteiger partial charge on any atom is -0.488 e. The topological polar surface area (TPSA) is 120 Å². The first-order valence-electron chi connectivity index (χ1n) is 4.80. The summed E-state index contributed by atoms with van der Waals surface area (Å²) in [7, 11) is -4.06. The minimum absolute atomic E-state index is 0.143. The second-order valence-electron chi connectivity index (χ2n) is 3.68. The lowest BCUT2D eigenvalue weighted by atomic mass is 10.2. The highest BCUT2D eigenvalue weighted by atomic mass is 32.2. The Hall–Kier alpha value is -1.67. The smallest absolute Gasteiger partial charge is 0.341 e. The number of aromatic carboxylic acids is 1. The number of primary sulfonamides is 1. The molecule has 0 bridgehead atoms. The van der Waals surface area contributed by atoms with Gasteiger partial charge in [-0.1, -0.05) is 0 Å². The summed E-state index contributed by atoms with van der Waals surface area (Å²) in [6.45, 7) is 0. The van der Waals surface area contributed by atoms with E-state index in [0.29, 0.717) is 0 Å². The molecule has 0 spiro atoms. The van der Waals surface area contributed by atoms with Crippen LogP contribution in [-0.2, 0) is 10.0 Å². The Morgan fingerprint density at radius 2 is 2.12 bits per heavy atom. The molecule has 0 aliphatic heterocycles. The third-order valence-corrected chi connectivity index (χ3v) is 3.11. The lowest BCUT2D eigenvalue weighted by Gasteiger charge is -2.11. The molecule has 3 N–H and O–H groups in total. The van der Waals surface area contributed by atoms with Gasteiger partial charge < -0.3 is 9.84 Å². The number of aromatic nitrogens is 1. The van der Waals surface area contributed by atoms with E-state index in [0.717, 1.165) is 25.2 Å². The van der Waals surface area contributed by atoms with Gasteiger partial charge in [-0.2, -0.15) is 0 Å². The zero-order chi connectivity index (χ0) is 12.6. The first-order chi connectivity index (χ1) is 7.89. The second-order valence-corrected chi connectivity index (χ2v) is 5.21. The van der Waals surface area contributed by atoms with Crippen LogP contribution in [0, 0.1) is 0 Å². The predicted molar refractivity (Wildman–Crippen MR) is 56.2 cm³/mol. The summed E-state index contributed by atoms with van der Waals surface area (Å²) in [6, 6.07) is 0. The van der Waals surface area contributed by atoms with Gasteiger partial charge in [0.05, 0.1) is 12.3 Å². The van der Waals surface area contributed by atoms with Crippen LogP contribution in [-0.4, -0.2) is 30.6 Å². The molecule has 92 valence electrons. The fourth-order valence-corrected chi connectivity index (χ4v) is 1.88. The van der Waals surface area contributed by atoms with E-state index in [2.05, 4.69) is 4.98 Å². The van der Waals surface area contributed by atoms with Gasteiger partial charge in [0.1, 0.15) is 10.5 Å². The summed E-state index contributed by atoms with van der Waals surface area (Å²) in [5.41, 5.74) is -0.302. The van der Waals surface area contributed by atoms with E-state index in [9.17, 15) is 13.2 Å². The van der Waals surface area contributed by atoms with Gasteiger partial charge in [-0.05, 0) is 12.8 Å². The van der Waals surface area contributed by atoms with Crippen molar-refractivity contribution in [1.82, 2.24) is 4.98 Å². The molecule has 1 heterocycles. The summed E-state index contributed by atoms with van der Waals surface area (Å²) in [6.07, 6.45) is 3.42. The third kappa shape index (κ3) is 2.53. The van der Waals surface area contributed by atoms with Crippen molar-refractivity contribution >= 4 is 16.0 Å². The highest BCUT2D eigenvalue weighted by molar-refractivity contribution is 7.89. The second kappa shape index (κ2) is 3.97. The number of hydrogen-bond acceptors (Lipinski definition) is 5. The van der Waals surface area contributed by atoms with E-state index in [1.54, 1.807) is 0 Å². The van der Waals surface area contributed by atoms with Crippen molar-refractivity contribution in [2.75, 3.05) is 0 Å². The van der Waals surface area contributed by atoms with E-state index < -0.39 is 20.9 Å². The number of nitrogens with two attached hydrogens (primary N) is 1. The van der Waals surface area contributed by atoms with Gasteiger partial charge >= 0.3 is 5.97 Å². The Morgan fingerprint density at radius 1 is 1.47 bits per heavy atom. The quantitative estimate of drug-likeness (QED) is 0.782. The Labute approximate surface area is 97.3 Å². The molecule has 1 aromatic heterocycles. The lowest BCUT2D eigenvalue weighted by Crippen LogP contribution is -2.17. The molecule has 17 heavy (non-hydrogen) atoms. The van der Waals surface area contributed by atoms with Crippen molar-refractivity contribution in [3.8, 4) is 5.75 Å². The number of carboxylic acid groups (broad SMARTS) is 1. The minimum atomic E-state index is -4.06. The fraction of sp³-hybridized carbons (Fsp3) is 0.333. The predicted octanol–water partition coefficient (Wildman–Crippen LogP) is -0.0316. The van der Waals surface area contributed by atoms with Crippen LogP contribution in [0.2, 0.25) is 0 Å². The number of hydrogen-bond donors (Lipinski definition) is 2. The van der Waals surface area contributed by atoms with Crippen molar-refractivity contribution in [2.45, 2.75) is 23.8 Å². The van der Waals surface area contributed by atoms with Crippen molar-refractivity contribution in [3.05, 3.63) is 18.0 Å². The number of rotatable bonds is 4. The van der Waals surface area contributed by atoms with Crippen LogP contribution in [0.15, 0.2) is 17.3 Å². The van der Waals surface area contributed by atoms with Gasteiger partial charge in [0.2, 0.25) is 10.0 Å². The molecule has 0 atom stereocenters. The van der Waals surface area contributed by atoms with E-state index >= 15 is 0 Å². The van der Waals surface area contributed by atoms with E-state index in [1.165, 1.54) is 0 Å². The molecule has 1 aliphatic rings. The number of sulfonamides is 1. The Bertz CT molecular complexity index is 565. The molecule has 0 saturated heterocycles. The fourth-order valence-electron chi connectivity index (χ4n) is 1.26. The summed E-state index contributed by atoms with van der Waals surface area (Å²) < 4.78 is 27.9. The average Bonchev–Trinajstić information content (AvgIpc) is 3.00. The maximum atomic E-state index is 11.3. The monoisotopic (exact) mass is 258 g/mol. The SMILES string of the molecule is NS(=O)(=O)c1cncc(C(=O)O)c1OC1CC1. The van der Waals surface area contributed by atoms with Crippen LogP contribution in [0.25, 0.3) is 0 Å². The van der Waals surface area contributed by atoms with Crippen molar-refractivity contribution in [1.29, 1.82) is 0 Å². The zero-order valence-corrected chi connectivity index (χ0v) is 9.48. The molecule has 1 fully saturated rings. The van der Waals surface area contributed by atoms with E-state index in [4.69, 9.17) is 15.0 Å². The van der Waals surface area contributed by atoms with Crippen LogP contribution in [0.3, 0.4) is 0 Å². The molecule has 0 unspecified atom stereocenters. The number of nitrogens with zero attached hydrogens (tertiary/aromatic N) is 1. The Kier molecular flexibility index (Phi) is 2.76. The van der Waals surface area contributed by atoms with Gasteiger partial charge in [-0.3, -0.25) is 4.98 Å². The van der Waals surface area contributed by atoms with Crippen LogP contribution in [0.1, 0.15) is 23.2 Å². The summed E-state index contributed by atoms with van der Waals surface area (Å²) in [4.78, 5) is 14.1. The van der Waals surface area contributed by atoms with Crippen molar-refractivity contribution < 1.29 is 23.1 Å². The standard InChI is InChI=1S/C9H10N2O5S/c10-17(14,15)7-4-11-3-6(9(12)13)8(7)16-5-1-2-5/h3-5H,1-2H2,(H,12,13)(H2,10,14,15). The molecule has 8 heteroatoms. The zero-order valence-electron chi connectivity index (χ0n) is 8.66. The molecule has 1 saturated carbocycles. The van der Waals surface area contributed by atoms with Gasteiger partial charge in [0.25, 0.3) is 0 Å². The summed E-state index contributed by atoms with van der Waals surface area (Å²) in [5.74, 6) is -1.53. The highest BCUT2D eigenvalue weighted by Gasteiger charge is 2.30. The van der Waals surface area contributed by atoms with Crippen LogP contribution in [0.5, 0.6) is 5.75 Å². The van der Waals surface area contributed by atoms with Crippen LogP contribution < -0.4 is 9.88 Å². The van der Waals surface area contributed by atoms with Gasteiger partial charge in [0.15, 0.2) is 5.75 Å². The normalized spacial score (nSPS) is 15.6. The molecule has 2 rings (SSSR count). The van der Waals surface area contributed by atoms with E-state index in [1.807, 2.05) is 0 Å². The molecule has 1 aromatic rings. The first kappa shape index (κ1) is 11.8. The van der Waals surface area contributed by atoms with E-state index in [-0.39, 0.29) is 17.4 Å². The molecular weight excluding hydrogens is 248 g/mol. The van der Waals surface area contributed by atoms with Crippen LogP contribution >= 0.6 is 0 Å². The Balaban J connectivity index is 2.57. The van der Waals surface area contributed by atoms with Gasteiger partial charge in [-0.25, -0.2) is 18.4 Å². The maximum absolute atomic E-state index is 11.3. The number of carboxylic acids is 1. The number of ether oxygens (including phenoxy) is 1. The molecule has 7 nitrogen and oxygen atoms in total. The molecule has 0 radical (unpaired) electrons. The Morgan fingerprint density at radius 3 is 2.59 bits per heavy atom. The highest BCUT2D eigenvalue weighted by Crippen LogP contribution is 2.33.